The molecule has 1 fully saturated rings. The number of nitrogens with zero attached hydrogens (tertiary/aromatic N) is 1. The number of hydrogen-bond acceptors (Lipinski definition) is 5. The number of imide groups is 2. The van der Waals surface area contributed by atoms with Gasteiger partial charge in [-0.1, -0.05) is 66.2 Å². The summed E-state index contributed by atoms with van der Waals surface area (Å²) in [5.74, 6) is -0.803. The molecule has 8 heteroatoms. The van der Waals surface area contributed by atoms with Crippen LogP contribution in [-0.2, 0) is 16.2 Å². The van der Waals surface area contributed by atoms with Gasteiger partial charge in [0, 0.05) is 0 Å². The average molecular weight is 541 g/mol. The fraction of sp³-hybridized carbons (Fsp3) is 0.129. The molecule has 5 rings (SSSR count). The number of halogens is 1. The van der Waals surface area contributed by atoms with E-state index in [1.165, 1.54) is 6.08 Å². The van der Waals surface area contributed by atoms with Crippen LogP contribution in [0.5, 0.6) is 11.5 Å². The van der Waals surface area contributed by atoms with E-state index in [4.69, 9.17) is 21.1 Å². The van der Waals surface area contributed by atoms with Crippen molar-refractivity contribution in [2.75, 3.05) is 11.5 Å². The number of anilines is 1. The SMILES string of the molecule is CCOc1cc(/C=C2\C(=O)NC(=O)N(c3ccccc3C)C2=O)cc(Cl)c1OCc1ccc2ccccc2c1. The predicted octanol–water partition coefficient (Wildman–Crippen LogP) is 6.45. The van der Waals surface area contributed by atoms with Crippen LogP contribution in [0, 0.1) is 6.92 Å². The van der Waals surface area contributed by atoms with Gasteiger partial charge < -0.3 is 9.47 Å². The zero-order chi connectivity index (χ0) is 27.5. The Morgan fingerprint density at radius 2 is 1.64 bits per heavy atom. The van der Waals surface area contributed by atoms with E-state index >= 15 is 0 Å². The van der Waals surface area contributed by atoms with Crippen LogP contribution in [0.2, 0.25) is 5.02 Å². The van der Waals surface area contributed by atoms with Gasteiger partial charge >= 0.3 is 6.03 Å². The van der Waals surface area contributed by atoms with Gasteiger partial charge in [-0.25, -0.2) is 9.69 Å². The van der Waals surface area contributed by atoms with Crippen LogP contribution in [0.15, 0.2) is 84.4 Å². The zero-order valence-corrected chi connectivity index (χ0v) is 22.1. The quantitative estimate of drug-likeness (QED) is 0.215. The minimum Gasteiger partial charge on any atom is -0.490 e. The lowest BCUT2D eigenvalue weighted by molar-refractivity contribution is -0.122. The Bertz CT molecular complexity index is 1650. The molecule has 0 aromatic heterocycles. The lowest BCUT2D eigenvalue weighted by Gasteiger charge is -2.27. The van der Waals surface area contributed by atoms with Gasteiger partial charge in [0.1, 0.15) is 12.2 Å². The lowest BCUT2D eigenvalue weighted by Crippen LogP contribution is -2.54. The Kier molecular flexibility index (Phi) is 7.34. The van der Waals surface area contributed by atoms with Crippen LogP contribution < -0.4 is 19.7 Å². The zero-order valence-electron chi connectivity index (χ0n) is 21.4. The van der Waals surface area contributed by atoms with Crippen LogP contribution in [0.4, 0.5) is 10.5 Å². The molecule has 39 heavy (non-hydrogen) atoms. The maximum atomic E-state index is 13.3. The first-order valence-corrected chi connectivity index (χ1v) is 12.8. The van der Waals surface area contributed by atoms with E-state index in [9.17, 15) is 14.4 Å². The number of fused-ring (bicyclic) bond motifs is 1. The summed E-state index contributed by atoms with van der Waals surface area (Å²) >= 11 is 6.61. The van der Waals surface area contributed by atoms with Crippen molar-refractivity contribution >= 4 is 52.0 Å². The molecule has 1 saturated heterocycles. The van der Waals surface area contributed by atoms with Crippen LogP contribution in [0.25, 0.3) is 16.8 Å². The normalized spacial score (nSPS) is 14.6. The Morgan fingerprint density at radius 3 is 2.41 bits per heavy atom. The molecule has 1 aliphatic rings. The topological polar surface area (TPSA) is 84.9 Å². The minimum absolute atomic E-state index is 0.207. The second kappa shape index (κ2) is 11.0. The number of rotatable bonds is 7. The Labute approximate surface area is 230 Å². The molecule has 0 bridgehead atoms. The number of carbonyl (C=O) groups is 3. The molecule has 1 heterocycles. The molecule has 0 radical (unpaired) electrons. The number of ether oxygens (including phenoxy) is 2. The maximum Gasteiger partial charge on any atom is 0.335 e. The molecule has 4 aromatic rings. The van der Waals surface area contributed by atoms with Gasteiger partial charge in [-0.2, -0.15) is 0 Å². The molecule has 196 valence electrons. The number of urea groups is 1. The van der Waals surface area contributed by atoms with Gasteiger partial charge in [0.25, 0.3) is 11.8 Å². The number of nitrogens with one attached hydrogen (secondary N) is 1. The van der Waals surface area contributed by atoms with E-state index in [0.717, 1.165) is 21.2 Å². The molecule has 7 nitrogen and oxygen atoms in total. The highest BCUT2D eigenvalue weighted by molar-refractivity contribution is 6.39. The first-order chi connectivity index (χ1) is 18.9. The summed E-state index contributed by atoms with van der Waals surface area (Å²) in [4.78, 5) is 39.5. The molecule has 0 spiro atoms. The van der Waals surface area contributed by atoms with Gasteiger partial charge in [0.05, 0.1) is 17.3 Å². The van der Waals surface area contributed by atoms with Crippen LogP contribution in [0.3, 0.4) is 0 Å². The number of amides is 4. The number of carbonyl (C=O) groups excluding carboxylic acids is 3. The fourth-order valence-electron chi connectivity index (χ4n) is 4.42. The fourth-order valence-corrected chi connectivity index (χ4v) is 4.69. The average Bonchev–Trinajstić information content (AvgIpc) is 2.91. The van der Waals surface area contributed by atoms with Gasteiger partial charge in [0.15, 0.2) is 11.5 Å². The van der Waals surface area contributed by atoms with E-state index < -0.39 is 17.8 Å². The second-order valence-electron chi connectivity index (χ2n) is 8.98. The smallest absolute Gasteiger partial charge is 0.335 e. The number of benzene rings is 4. The van der Waals surface area contributed by atoms with Crippen molar-refractivity contribution in [2.24, 2.45) is 0 Å². The van der Waals surface area contributed by atoms with Gasteiger partial charge in [-0.15, -0.1) is 0 Å². The summed E-state index contributed by atoms with van der Waals surface area (Å²) in [5, 5.41) is 4.73. The predicted molar refractivity (Wildman–Crippen MR) is 151 cm³/mol. The highest BCUT2D eigenvalue weighted by Crippen LogP contribution is 2.38. The van der Waals surface area contributed by atoms with Gasteiger partial charge in [-0.3, -0.25) is 14.9 Å². The molecule has 1 N–H and O–H groups in total. The summed E-state index contributed by atoms with van der Waals surface area (Å²) in [6.45, 7) is 4.22. The van der Waals surface area contributed by atoms with E-state index in [-0.39, 0.29) is 17.2 Å². The van der Waals surface area contributed by atoms with Crippen molar-refractivity contribution in [3.63, 3.8) is 0 Å². The number of para-hydroxylation sites is 1. The van der Waals surface area contributed by atoms with Crippen LogP contribution in [-0.4, -0.2) is 24.5 Å². The van der Waals surface area contributed by atoms with Crippen molar-refractivity contribution < 1.29 is 23.9 Å². The summed E-state index contributed by atoms with van der Waals surface area (Å²) < 4.78 is 11.9. The van der Waals surface area contributed by atoms with Crippen molar-refractivity contribution in [2.45, 2.75) is 20.5 Å². The molecule has 4 aromatic carbocycles. The molecule has 1 aliphatic heterocycles. The second-order valence-corrected chi connectivity index (χ2v) is 9.38. The molecule has 4 amide bonds. The van der Waals surface area contributed by atoms with E-state index in [1.807, 2.05) is 43.3 Å². The first kappa shape index (κ1) is 26.0. The van der Waals surface area contributed by atoms with Crippen molar-refractivity contribution in [3.05, 3.63) is 106 Å². The minimum atomic E-state index is -0.804. The number of hydrogen-bond donors (Lipinski definition) is 1. The molecule has 0 atom stereocenters. The van der Waals surface area contributed by atoms with E-state index in [2.05, 4.69) is 11.4 Å². The largest absolute Gasteiger partial charge is 0.490 e. The standard InChI is InChI=1S/C31H25ClN2O5/c1-3-38-27-17-21(15-24-29(35)33-31(37)34(30(24)36)26-11-7-4-8-19(26)2)16-25(32)28(27)39-18-20-12-13-22-9-5-6-10-23(22)14-20/h4-17H,3,18H2,1-2H3,(H,33,35,37)/b24-15+. The molecule has 0 saturated carbocycles. The summed E-state index contributed by atoms with van der Waals surface area (Å²) in [6.07, 6.45) is 1.39. The summed E-state index contributed by atoms with van der Waals surface area (Å²) in [5.41, 5.74) is 2.30. The number of aryl methyl sites for hydroxylation is 1. The first-order valence-electron chi connectivity index (χ1n) is 12.4. The maximum absolute atomic E-state index is 13.3. The van der Waals surface area contributed by atoms with E-state index in [0.29, 0.717) is 34.9 Å². The van der Waals surface area contributed by atoms with Crippen LogP contribution >= 0.6 is 11.6 Å². The summed E-state index contributed by atoms with van der Waals surface area (Å²) in [6, 6.07) is 23.5. The van der Waals surface area contributed by atoms with Crippen LogP contribution in [0.1, 0.15) is 23.6 Å². The summed E-state index contributed by atoms with van der Waals surface area (Å²) in [7, 11) is 0. The van der Waals surface area contributed by atoms with Crippen molar-refractivity contribution in [3.8, 4) is 11.5 Å². The Hall–Kier alpha value is -4.62. The van der Waals surface area contributed by atoms with Crippen molar-refractivity contribution in [1.82, 2.24) is 5.32 Å². The molecular weight excluding hydrogens is 516 g/mol. The highest BCUT2D eigenvalue weighted by atomic mass is 35.5. The Balaban J connectivity index is 1.45. The molecule has 0 unspecified atom stereocenters. The number of barbiturate groups is 1. The highest BCUT2D eigenvalue weighted by Gasteiger charge is 2.37. The van der Waals surface area contributed by atoms with Crippen molar-refractivity contribution in [1.29, 1.82) is 0 Å². The monoisotopic (exact) mass is 540 g/mol. The van der Waals surface area contributed by atoms with E-state index in [1.54, 1.807) is 43.3 Å². The third kappa shape index (κ3) is 5.35. The molecular formula is C31H25ClN2O5. The van der Waals surface area contributed by atoms with Gasteiger partial charge in [0.2, 0.25) is 0 Å². The third-order valence-corrected chi connectivity index (χ3v) is 6.58. The lowest BCUT2D eigenvalue weighted by atomic mass is 10.1. The van der Waals surface area contributed by atoms with Gasteiger partial charge in [-0.05, 0) is 71.7 Å². The third-order valence-electron chi connectivity index (χ3n) is 6.30. The Morgan fingerprint density at radius 1 is 0.897 bits per heavy atom. The molecule has 0 aliphatic carbocycles.